The number of nitrogens with zero attached hydrogens (tertiary/aromatic N) is 3. The summed E-state index contributed by atoms with van der Waals surface area (Å²) in [6.45, 7) is 9.52. The highest BCUT2D eigenvalue weighted by Crippen LogP contribution is 2.43. The van der Waals surface area contributed by atoms with Crippen LogP contribution in [0.1, 0.15) is 51.3 Å². The maximum atomic E-state index is 11.7. The van der Waals surface area contributed by atoms with Gasteiger partial charge in [0.25, 0.3) is 0 Å². The van der Waals surface area contributed by atoms with Gasteiger partial charge in [0, 0.05) is 37.5 Å². The molecule has 1 fully saturated rings. The predicted molar refractivity (Wildman–Crippen MR) is 121 cm³/mol. The molecule has 0 aliphatic carbocycles. The molecule has 0 amide bonds. The fourth-order valence-electron chi connectivity index (χ4n) is 5.22. The van der Waals surface area contributed by atoms with E-state index in [9.17, 15) is 13.5 Å². The van der Waals surface area contributed by atoms with Crippen LogP contribution in [0.4, 0.5) is 0 Å². The number of hydrogen-bond donors (Lipinski definition) is 1. The summed E-state index contributed by atoms with van der Waals surface area (Å²) in [6.07, 6.45) is 8.75. The predicted octanol–water partition coefficient (Wildman–Crippen LogP) is 2.31. The van der Waals surface area contributed by atoms with Crippen LogP contribution in [0.5, 0.6) is 5.75 Å². The summed E-state index contributed by atoms with van der Waals surface area (Å²) in [5.41, 5.74) is 2.34. The van der Waals surface area contributed by atoms with E-state index in [1.54, 1.807) is 0 Å². The quantitative estimate of drug-likeness (QED) is 0.743. The largest absolute Gasteiger partial charge is 0.485 e. The second-order valence-electron chi connectivity index (χ2n) is 10.2. The molecule has 4 rings (SSSR count). The molecule has 1 saturated heterocycles. The van der Waals surface area contributed by atoms with Crippen LogP contribution in [0.15, 0.2) is 18.3 Å². The van der Waals surface area contributed by atoms with Gasteiger partial charge in [-0.25, -0.2) is 8.42 Å². The Kier molecular flexibility index (Phi) is 5.96. The summed E-state index contributed by atoms with van der Waals surface area (Å²) in [7, 11) is -3.15. The summed E-state index contributed by atoms with van der Waals surface area (Å²) in [6, 6.07) is 2.13. The van der Waals surface area contributed by atoms with Crippen molar-refractivity contribution < 1.29 is 18.3 Å². The van der Waals surface area contributed by atoms with E-state index in [-0.39, 0.29) is 5.60 Å². The zero-order valence-corrected chi connectivity index (χ0v) is 19.9. The summed E-state index contributed by atoms with van der Waals surface area (Å²) in [5, 5.41) is 10.1. The Hall–Kier alpha value is -1.48. The van der Waals surface area contributed by atoms with Crippen LogP contribution in [-0.2, 0) is 16.4 Å². The molecule has 0 bridgehead atoms. The second kappa shape index (κ2) is 8.14. The molecule has 172 valence electrons. The number of rotatable bonds is 5. The number of aliphatic hydroxyl groups is 1. The SMILES string of the molecule is CC(C)(O)CN1CCC([C@@]2(C)Cc3cc(C4=CCN(S(C)(=O)=O)CC4)ncc3O2)CC1. The molecule has 1 N–H and O–H groups in total. The lowest BCUT2D eigenvalue weighted by molar-refractivity contribution is -0.0130. The van der Waals surface area contributed by atoms with Gasteiger partial charge in [0.15, 0.2) is 0 Å². The van der Waals surface area contributed by atoms with Gasteiger partial charge < -0.3 is 14.7 Å². The number of piperidine rings is 1. The first-order chi connectivity index (χ1) is 14.4. The van der Waals surface area contributed by atoms with E-state index < -0.39 is 15.6 Å². The molecule has 7 nitrogen and oxygen atoms in total. The van der Waals surface area contributed by atoms with Gasteiger partial charge in [-0.15, -0.1) is 0 Å². The fourth-order valence-corrected chi connectivity index (χ4v) is 5.98. The Bertz CT molecular complexity index is 962. The number of pyridine rings is 1. The highest BCUT2D eigenvalue weighted by atomic mass is 32.2. The molecule has 31 heavy (non-hydrogen) atoms. The van der Waals surface area contributed by atoms with E-state index in [1.807, 2.05) is 26.1 Å². The van der Waals surface area contributed by atoms with Crippen LogP contribution in [0.25, 0.3) is 5.57 Å². The van der Waals surface area contributed by atoms with Gasteiger partial charge in [0.05, 0.1) is 23.7 Å². The first-order valence-electron chi connectivity index (χ1n) is 11.2. The number of likely N-dealkylation sites (tertiary alicyclic amines) is 1. The van der Waals surface area contributed by atoms with E-state index in [0.717, 1.165) is 49.4 Å². The Labute approximate surface area is 186 Å². The van der Waals surface area contributed by atoms with Gasteiger partial charge in [-0.1, -0.05) is 6.08 Å². The van der Waals surface area contributed by atoms with Gasteiger partial charge in [-0.2, -0.15) is 4.31 Å². The molecule has 0 radical (unpaired) electrons. The summed E-state index contributed by atoms with van der Waals surface area (Å²) >= 11 is 0. The van der Waals surface area contributed by atoms with Crippen molar-refractivity contribution in [1.82, 2.24) is 14.2 Å². The van der Waals surface area contributed by atoms with Gasteiger partial charge in [0.2, 0.25) is 10.0 Å². The Balaban J connectivity index is 1.41. The van der Waals surface area contributed by atoms with Gasteiger partial charge in [-0.3, -0.25) is 4.98 Å². The van der Waals surface area contributed by atoms with E-state index >= 15 is 0 Å². The molecule has 3 aliphatic heterocycles. The third-order valence-electron chi connectivity index (χ3n) is 6.86. The molecule has 3 aliphatic rings. The Morgan fingerprint density at radius 1 is 1.29 bits per heavy atom. The molecule has 4 heterocycles. The number of β-amino-alcohol motifs (C(OH)–C–C–N with tert-alkyl or cyclic N) is 1. The van der Waals surface area contributed by atoms with Crippen molar-refractivity contribution in [2.24, 2.45) is 5.92 Å². The summed E-state index contributed by atoms with van der Waals surface area (Å²) < 4.78 is 31.4. The van der Waals surface area contributed by atoms with Crippen LogP contribution in [0, 0.1) is 5.92 Å². The zero-order valence-electron chi connectivity index (χ0n) is 19.1. The highest BCUT2D eigenvalue weighted by Gasteiger charge is 2.43. The minimum atomic E-state index is -3.15. The molecule has 1 aromatic heterocycles. The molecule has 8 heteroatoms. The lowest BCUT2D eigenvalue weighted by Crippen LogP contribution is -2.49. The monoisotopic (exact) mass is 449 g/mol. The Morgan fingerprint density at radius 2 is 2.00 bits per heavy atom. The van der Waals surface area contributed by atoms with Crippen molar-refractivity contribution in [2.45, 2.75) is 57.7 Å². The van der Waals surface area contributed by atoms with Crippen LogP contribution >= 0.6 is 0 Å². The number of hydrogen-bond acceptors (Lipinski definition) is 6. The average Bonchev–Trinajstić information content (AvgIpc) is 3.03. The van der Waals surface area contributed by atoms with E-state index in [0.29, 0.717) is 32.0 Å². The van der Waals surface area contributed by atoms with Crippen molar-refractivity contribution >= 4 is 15.6 Å². The van der Waals surface area contributed by atoms with Crippen molar-refractivity contribution in [3.05, 3.63) is 29.6 Å². The standard InChI is InChI=1S/C23H35N3O4S/c1-22(2,27)16-25-9-7-19(8-10-25)23(3)14-18-13-20(24-15-21(18)30-23)17-5-11-26(12-6-17)31(4,28)29/h5,13,15,19,27H,6-12,14,16H2,1-4H3/t23-/m1/s1. The molecule has 0 unspecified atom stereocenters. The number of aromatic nitrogens is 1. The average molecular weight is 450 g/mol. The van der Waals surface area contributed by atoms with E-state index in [4.69, 9.17) is 4.74 Å². The van der Waals surface area contributed by atoms with Crippen molar-refractivity contribution in [3.8, 4) is 5.75 Å². The number of ether oxygens (including phenoxy) is 1. The Morgan fingerprint density at radius 3 is 2.58 bits per heavy atom. The number of fused-ring (bicyclic) bond motifs is 1. The van der Waals surface area contributed by atoms with E-state index in [2.05, 4.69) is 22.9 Å². The third kappa shape index (κ3) is 5.13. The number of sulfonamides is 1. The molecule has 0 saturated carbocycles. The zero-order chi connectivity index (χ0) is 22.4. The maximum Gasteiger partial charge on any atom is 0.211 e. The molecule has 0 aromatic carbocycles. The molecular weight excluding hydrogens is 414 g/mol. The van der Waals surface area contributed by atoms with Gasteiger partial charge >= 0.3 is 0 Å². The summed E-state index contributed by atoms with van der Waals surface area (Å²) in [4.78, 5) is 6.97. The van der Waals surface area contributed by atoms with Gasteiger partial charge in [0.1, 0.15) is 11.4 Å². The van der Waals surface area contributed by atoms with Crippen molar-refractivity contribution in [3.63, 3.8) is 0 Å². The van der Waals surface area contributed by atoms with Crippen molar-refractivity contribution in [2.75, 3.05) is 39.0 Å². The first kappa shape index (κ1) is 22.7. The lowest BCUT2D eigenvalue weighted by atomic mass is 9.79. The topological polar surface area (TPSA) is 83.0 Å². The minimum absolute atomic E-state index is 0.225. The first-order valence-corrected chi connectivity index (χ1v) is 13.0. The van der Waals surface area contributed by atoms with E-state index in [1.165, 1.54) is 16.1 Å². The van der Waals surface area contributed by atoms with Crippen LogP contribution in [0.2, 0.25) is 0 Å². The highest BCUT2D eigenvalue weighted by molar-refractivity contribution is 7.88. The van der Waals surface area contributed by atoms with Crippen LogP contribution in [0.3, 0.4) is 0 Å². The van der Waals surface area contributed by atoms with Crippen LogP contribution in [-0.4, -0.2) is 77.9 Å². The maximum absolute atomic E-state index is 11.7. The molecule has 1 atom stereocenters. The normalized spacial score (nSPS) is 26.4. The fraction of sp³-hybridized carbons (Fsp3) is 0.696. The third-order valence-corrected chi connectivity index (χ3v) is 8.13. The minimum Gasteiger partial charge on any atom is -0.485 e. The van der Waals surface area contributed by atoms with Crippen molar-refractivity contribution in [1.29, 1.82) is 0 Å². The van der Waals surface area contributed by atoms with Gasteiger partial charge in [-0.05, 0) is 64.8 Å². The van der Waals surface area contributed by atoms with Crippen LogP contribution < -0.4 is 4.74 Å². The molecular formula is C23H35N3O4S. The lowest BCUT2D eigenvalue weighted by Gasteiger charge is -2.41. The molecule has 0 spiro atoms. The smallest absolute Gasteiger partial charge is 0.211 e. The summed E-state index contributed by atoms with van der Waals surface area (Å²) in [5.74, 6) is 1.35. The molecule has 1 aromatic rings. The second-order valence-corrected chi connectivity index (χ2v) is 12.2.